The maximum Gasteiger partial charge on any atom is 0.279 e. The molecule has 0 aliphatic carbocycles. The summed E-state index contributed by atoms with van der Waals surface area (Å²) < 4.78 is 0. The van der Waals surface area contributed by atoms with Crippen LogP contribution in [0.15, 0.2) is 18.3 Å². The maximum absolute atomic E-state index is 9.20. The van der Waals surface area contributed by atoms with E-state index >= 15 is 0 Å². The lowest BCUT2D eigenvalue weighted by Crippen LogP contribution is -2.34. The largest absolute Gasteiger partial charge is 0.391 e. The number of hydrogen-bond donors (Lipinski definition) is 1. The lowest BCUT2D eigenvalue weighted by Gasteiger charge is -2.22. The molecule has 0 atom stereocenters. The summed E-state index contributed by atoms with van der Waals surface area (Å²) in [4.78, 5) is 5.55. The van der Waals surface area contributed by atoms with Gasteiger partial charge >= 0.3 is 0 Å². The summed E-state index contributed by atoms with van der Waals surface area (Å²) >= 11 is 0. The van der Waals surface area contributed by atoms with E-state index in [1.165, 1.54) is 19.3 Å². The van der Waals surface area contributed by atoms with Crippen molar-refractivity contribution < 1.29 is 10.1 Å². The van der Waals surface area contributed by atoms with Crippen molar-refractivity contribution in [2.45, 2.75) is 25.9 Å². The van der Waals surface area contributed by atoms with Gasteiger partial charge < -0.3 is 5.11 Å². The molecular weight excluding hydrogens is 176 g/mol. The molecule has 1 aliphatic rings. The average Bonchev–Trinajstić information content (AvgIpc) is 2.30. The van der Waals surface area contributed by atoms with Gasteiger partial charge in [0.2, 0.25) is 0 Å². The van der Waals surface area contributed by atoms with Gasteiger partial charge in [-0.15, -0.1) is 0 Å². The number of pyridine rings is 1. The lowest BCUT2D eigenvalue weighted by molar-refractivity contribution is -0.365. The van der Waals surface area contributed by atoms with Crippen LogP contribution in [-0.2, 0) is 6.61 Å². The van der Waals surface area contributed by atoms with Crippen molar-refractivity contribution in [3.8, 4) is 0 Å². The Hall–Kier alpha value is -1.09. The molecule has 2 N–H and O–H groups in total. The standard InChI is InChI=1S/C11H16N2O/c14-9-10-5-4-6-12-11(10)13-7-2-1-3-8-13/h4-6,14H,1-3,7-9H2/p+1. The van der Waals surface area contributed by atoms with E-state index in [-0.39, 0.29) is 6.61 Å². The number of rotatable bonds is 2. The van der Waals surface area contributed by atoms with Crippen LogP contribution in [0.1, 0.15) is 24.8 Å². The predicted molar refractivity (Wildman–Crippen MR) is 55.0 cm³/mol. The van der Waals surface area contributed by atoms with Gasteiger partial charge in [0.1, 0.15) is 0 Å². The van der Waals surface area contributed by atoms with Crippen molar-refractivity contribution in [1.29, 1.82) is 0 Å². The molecule has 1 saturated heterocycles. The normalized spacial score (nSPS) is 17.1. The van der Waals surface area contributed by atoms with E-state index < -0.39 is 0 Å². The summed E-state index contributed by atoms with van der Waals surface area (Å²) in [6.45, 7) is 2.32. The highest BCUT2D eigenvalue weighted by atomic mass is 16.3. The zero-order valence-electron chi connectivity index (χ0n) is 8.37. The summed E-state index contributed by atoms with van der Waals surface area (Å²) in [7, 11) is 0. The number of aromatic amines is 1. The van der Waals surface area contributed by atoms with Crippen molar-refractivity contribution in [3.63, 3.8) is 0 Å². The molecule has 2 rings (SSSR count). The topological polar surface area (TPSA) is 37.6 Å². The third kappa shape index (κ3) is 1.87. The maximum atomic E-state index is 9.20. The molecular formula is C11H17N2O+. The number of aromatic nitrogens is 1. The number of hydrogen-bond acceptors (Lipinski definition) is 2. The molecule has 76 valence electrons. The van der Waals surface area contributed by atoms with E-state index in [2.05, 4.69) is 9.88 Å². The number of aliphatic hydroxyl groups excluding tert-OH is 1. The van der Waals surface area contributed by atoms with Gasteiger partial charge in [-0.1, -0.05) is 0 Å². The van der Waals surface area contributed by atoms with Crippen LogP contribution in [0, 0.1) is 0 Å². The van der Waals surface area contributed by atoms with Gasteiger partial charge in [-0.25, -0.2) is 4.98 Å². The Kier molecular flexibility index (Phi) is 2.99. The molecule has 0 amide bonds. The fraction of sp³-hybridized carbons (Fsp3) is 0.545. The van der Waals surface area contributed by atoms with Gasteiger partial charge in [-0.2, -0.15) is 0 Å². The zero-order chi connectivity index (χ0) is 9.80. The minimum Gasteiger partial charge on any atom is -0.391 e. The van der Waals surface area contributed by atoms with E-state index in [0.717, 1.165) is 24.5 Å². The molecule has 0 saturated carbocycles. The molecule has 0 aromatic carbocycles. The number of piperidine rings is 1. The molecule has 1 aliphatic heterocycles. The monoisotopic (exact) mass is 193 g/mol. The second-order valence-electron chi connectivity index (χ2n) is 3.75. The highest BCUT2D eigenvalue weighted by Crippen LogP contribution is 2.18. The number of anilines is 1. The van der Waals surface area contributed by atoms with Crippen molar-refractivity contribution in [3.05, 3.63) is 23.9 Å². The molecule has 3 heteroatoms. The van der Waals surface area contributed by atoms with Gasteiger partial charge in [-0.05, 0) is 31.4 Å². The smallest absolute Gasteiger partial charge is 0.279 e. The number of nitrogens with zero attached hydrogens (tertiary/aromatic N) is 1. The molecule has 0 bridgehead atoms. The van der Waals surface area contributed by atoms with Crippen LogP contribution < -0.4 is 9.88 Å². The first-order chi connectivity index (χ1) is 6.92. The van der Waals surface area contributed by atoms with Crippen molar-refractivity contribution >= 4 is 5.82 Å². The van der Waals surface area contributed by atoms with Crippen molar-refractivity contribution in [2.75, 3.05) is 18.0 Å². The Morgan fingerprint density at radius 3 is 2.79 bits per heavy atom. The SMILES string of the molecule is OCc1ccc[nH+]c1N1CCCCC1. The van der Waals surface area contributed by atoms with Crippen LogP contribution >= 0.6 is 0 Å². The molecule has 1 aromatic heterocycles. The van der Waals surface area contributed by atoms with Gasteiger partial charge in [-0.3, -0.25) is 4.90 Å². The fourth-order valence-electron chi connectivity index (χ4n) is 2.00. The molecule has 1 aromatic rings. The van der Waals surface area contributed by atoms with Crippen LogP contribution in [-0.4, -0.2) is 18.2 Å². The van der Waals surface area contributed by atoms with Crippen LogP contribution in [0.2, 0.25) is 0 Å². The highest BCUT2D eigenvalue weighted by molar-refractivity contribution is 5.41. The van der Waals surface area contributed by atoms with Crippen molar-refractivity contribution in [1.82, 2.24) is 0 Å². The van der Waals surface area contributed by atoms with E-state index in [1.54, 1.807) is 0 Å². The van der Waals surface area contributed by atoms with E-state index in [9.17, 15) is 5.11 Å². The van der Waals surface area contributed by atoms with E-state index in [1.807, 2.05) is 18.3 Å². The highest BCUT2D eigenvalue weighted by Gasteiger charge is 2.21. The first-order valence-corrected chi connectivity index (χ1v) is 5.27. The van der Waals surface area contributed by atoms with Gasteiger partial charge in [0.25, 0.3) is 5.82 Å². The molecule has 0 spiro atoms. The Bertz CT molecular complexity index is 295. The Morgan fingerprint density at radius 2 is 2.07 bits per heavy atom. The fourth-order valence-corrected chi connectivity index (χ4v) is 2.00. The summed E-state index contributed by atoms with van der Waals surface area (Å²) in [5.74, 6) is 1.09. The second kappa shape index (κ2) is 4.42. The predicted octanol–water partition coefficient (Wildman–Crippen LogP) is 0.983. The Balaban J connectivity index is 2.20. The van der Waals surface area contributed by atoms with Crippen LogP contribution in [0.4, 0.5) is 5.82 Å². The zero-order valence-corrected chi connectivity index (χ0v) is 8.37. The Morgan fingerprint density at radius 1 is 1.29 bits per heavy atom. The molecule has 0 radical (unpaired) electrons. The minimum absolute atomic E-state index is 0.114. The molecule has 1 fully saturated rings. The van der Waals surface area contributed by atoms with Gasteiger partial charge in [0, 0.05) is 0 Å². The second-order valence-corrected chi connectivity index (χ2v) is 3.75. The van der Waals surface area contributed by atoms with Crippen LogP contribution in [0.25, 0.3) is 0 Å². The number of H-pyrrole nitrogens is 1. The van der Waals surface area contributed by atoms with Gasteiger partial charge in [0.05, 0.1) is 31.5 Å². The van der Waals surface area contributed by atoms with E-state index in [4.69, 9.17) is 0 Å². The minimum atomic E-state index is 0.114. The molecule has 0 unspecified atom stereocenters. The van der Waals surface area contributed by atoms with E-state index in [0.29, 0.717) is 0 Å². The van der Waals surface area contributed by atoms with Crippen LogP contribution in [0.5, 0.6) is 0 Å². The third-order valence-corrected chi connectivity index (χ3v) is 2.76. The lowest BCUT2D eigenvalue weighted by atomic mass is 10.1. The third-order valence-electron chi connectivity index (χ3n) is 2.76. The summed E-state index contributed by atoms with van der Waals surface area (Å²) in [6.07, 6.45) is 5.77. The van der Waals surface area contributed by atoms with Crippen LogP contribution in [0.3, 0.4) is 0 Å². The summed E-state index contributed by atoms with van der Waals surface area (Å²) in [6, 6.07) is 3.90. The van der Waals surface area contributed by atoms with Gasteiger partial charge in [0.15, 0.2) is 0 Å². The summed E-state index contributed by atoms with van der Waals surface area (Å²) in [5, 5.41) is 9.20. The average molecular weight is 193 g/mol. The quantitative estimate of drug-likeness (QED) is 0.760. The molecule has 14 heavy (non-hydrogen) atoms. The first kappa shape index (κ1) is 9.46. The number of nitrogens with one attached hydrogen (secondary N) is 1. The molecule has 2 heterocycles. The number of aliphatic hydroxyl groups is 1. The summed E-state index contributed by atoms with van der Waals surface area (Å²) in [5.41, 5.74) is 0.995. The first-order valence-electron chi connectivity index (χ1n) is 5.27. The van der Waals surface area contributed by atoms with Crippen molar-refractivity contribution in [2.24, 2.45) is 0 Å². The Labute approximate surface area is 84.4 Å². The molecule has 3 nitrogen and oxygen atoms in total.